The molecule has 3 rings (SSSR count). The van der Waals surface area contributed by atoms with Crippen LogP contribution in [0.15, 0.2) is 40.9 Å². The van der Waals surface area contributed by atoms with Crippen molar-refractivity contribution in [2.45, 2.75) is 45.1 Å². The first kappa shape index (κ1) is 20.5. The van der Waals surface area contributed by atoms with Crippen LogP contribution in [0.2, 0.25) is 0 Å². The molecule has 1 saturated carbocycles. The molecular weight excluding hydrogens is 374 g/mol. The zero-order valence-corrected chi connectivity index (χ0v) is 17.0. The lowest BCUT2D eigenvalue weighted by Crippen LogP contribution is -2.35. The third kappa shape index (κ3) is 6.12. The van der Waals surface area contributed by atoms with E-state index in [1.54, 1.807) is 13.0 Å². The molecule has 1 aliphatic carbocycles. The van der Waals surface area contributed by atoms with Crippen LogP contribution in [0.5, 0.6) is 0 Å². The maximum absolute atomic E-state index is 12.5. The van der Waals surface area contributed by atoms with Gasteiger partial charge in [-0.15, -0.1) is 11.8 Å². The SMILES string of the molecule is Cc1cc(NC(=O)CSCC(=O)N[C@H](c2ccccc2)C2CCCCC2)no1. The molecular formula is C21H27N3O3S. The number of hydrogen-bond acceptors (Lipinski definition) is 5. The van der Waals surface area contributed by atoms with Crippen molar-refractivity contribution in [2.24, 2.45) is 5.92 Å². The van der Waals surface area contributed by atoms with Gasteiger partial charge in [0.25, 0.3) is 0 Å². The molecule has 0 radical (unpaired) electrons. The Hall–Kier alpha value is -2.28. The van der Waals surface area contributed by atoms with Crippen molar-refractivity contribution >= 4 is 29.4 Å². The monoisotopic (exact) mass is 401 g/mol. The average molecular weight is 402 g/mol. The number of aromatic nitrogens is 1. The number of rotatable bonds is 8. The van der Waals surface area contributed by atoms with Crippen LogP contribution in [0.1, 0.15) is 49.5 Å². The van der Waals surface area contributed by atoms with Gasteiger partial charge < -0.3 is 15.2 Å². The number of anilines is 1. The van der Waals surface area contributed by atoms with E-state index in [9.17, 15) is 9.59 Å². The highest BCUT2D eigenvalue weighted by Crippen LogP contribution is 2.34. The summed E-state index contributed by atoms with van der Waals surface area (Å²) >= 11 is 1.30. The summed E-state index contributed by atoms with van der Waals surface area (Å²) in [7, 11) is 0. The van der Waals surface area contributed by atoms with E-state index in [0.717, 1.165) is 18.4 Å². The van der Waals surface area contributed by atoms with Crippen molar-refractivity contribution in [3.8, 4) is 0 Å². The largest absolute Gasteiger partial charge is 0.360 e. The van der Waals surface area contributed by atoms with Crippen molar-refractivity contribution < 1.29 is 14.1 Å². The predicted octanol–water partition coefficient (Wildman–Crippen LogP) is 4.09. The van der Waals surface area contributed by atoms with Crippen LogP contribution in [0.4, 0.5) is 5.82 Å². The number of amides is 2. The maximum atomic E-state index is 12.5. The molecule has 0 unspecified atom stereocenters. The summed E-state index contributed by atoms with van der Waals surface area (Å²) in [6.45, 7) is 1.76. The molecule has 150 valence electrons. The summed E-state index contributed by atoms with van der Waals surface area (Å²) in [4.78, 5) is 24.5. The van der Waals surface area contributed by atoms with Crippen LogP contribution in [0.3, 0.4) is 0 Å². The van der Waals surface area contributed by atoms with Crippen LogP contribution in [-0.4, -0.2) is 28.5 Å². The summed E-state index contributed by atoms with van der Waals surface area (Å²) in [6.07, 6.45) is 6.02. The Morgan fingerprint density at radius 1 is 1.14 bits per heavy atom. The molecule has 1 atom stereocenters. The van der Waals surface area contributed by atoms with Gasteiger partial charge in [-0.25, -0.2) is 0 Å². The molecule has 2 aromatic rings. The number of carbonyl (C=O) groups excluding carboxylic acids is 2. The van der Waals surface area contributed by atoms with Crippen molar-refractivity contribution in [3.63, 3.8) is 0 Å². The van der Waals surface area contributed by atoms with Crippen molar-refractivity contribution in [3.05, 3.63) is 47.7 Å². The van der Waals surface area contributed by atoms with Crippen LogP contribution in [-0.2, 0) is 9.59 Å². The molecule has 2 N–H and O–H groups in total. The Kier molecular flexibility index (Phi) is 7.54. The molecule has 6 nitrogen and oxygen atoms in total. The van der Waals surface area contributed by atoms with Crippen LogP contribution in [0.25, 0.3) is 0 Å². The van der Waals surface area contributed by atoms with E-state index in [1.165, 1.54) is 31.0 Å². The lowest BCUT2D eigenvalue weighted by atomic mass is 9.81. The molecule has 0 bridgehead atoms. The summed E-state index contributed by atoms with van der Waals surface area (Å²) in [6, 6.07) is 11.9. The Balaban J connectivity index is 1.48. The molecule has 1 aliphatic rings. The Labute approximate surface area is 169 Å². The third-order valence-electron chi connectivity index (χ3n) is 4.96. The number of aryl methyl sites for hydroxylation is 1. The smallest absolute Gasteiger partial charge is 0.235 e. The van der Waals surface area contributed by atoms with Crippen LogP contribution in [0, 0.1) is 12.8 Å². The van der Waals surface area contributed by atoms with Gasteiger partial charge in [0.1, 0.15) is 5.76 Å². The minimum absolute atomic E-state index is 0.0329. The number of benzene rings is 1. The number of nitrogens with one attached hydrogen (secondary N) is 2. The molecule has 0 spiro atoms. The highest BCUT2D eigenvalue weighted by atomic mass is 32.2. The second-order valence-corrected chi connectivity index (χ2v) is 8.20. The minimum Gasteiger partial charge on any atom is -0.360 e. The number of hydrogen-bond donors (Lipinski definition) is 2. The van der Waals surface area contributed by atoms with E-state index in [4.69, 9.17) is 4.52 Å². The summed E-state index contributed by atoms with van der Waals surface area (Å²) in [5.41, 5.74) is 1.16. The number of nitrogens with zero attached hydrogens (tertiary/aromatic N) is 1. The fraction of sp³-hybridized carbons (Fsp3) is 0.476. The van der Waals surface area contributed by atoms with E-state index in [0.29, 0.717) is 17.5 Å². The highest BCUT2D eigenvalue weighted by Gasteiger charge is 2.26. The van der Waals surface area contributed by atoms with E-state index in [2.05, 4.69) is 27.9 Å². The molecule has 7 heteroatoms. The topological polar surface area (TPSA) is 84.2 Å². The van der Waals surface area contributed by atoms with Gasteiger partial charge in [-0.2, -0.15) is 0 Å². The first-order valence-electron chi connectivity index (χ1n) is 9.77. The molecule has 1 fully saturated rings. The Morgan fingerprint density at radius 2 is 1.86 bits per heavy atom. The van der Waals surface area contributed by atoms with Crippen molar-refractivity contribution in [1.82, 2.24) is 10.5 Å². The van der Waals surface area contributed by atoms with Gasteiger partial charge in [0.2, 0.25) is 11.8 Å². The molecule has 0 saturated heterocycles. The fourth-order valence-electron chi connectivity index (χ4n) is 3.66. The van der Waals surface area contributed by atoms with E-state index >= 15 is 0 Å². The summed E-state index contributed by atoms with van der Waals surface area (Å²) < 4.78 is 4.92. The van der Waals surface area contributed by atoms with E-state index in [-0.39, 0.29) is 29.4 Å². The molecule has 0 aliphatic heterocycles. The number of carbonyl (C=O) groups is 2. The first-order chi connectivity index (χ1) is 13.6. The summed E-state index contributed by atoms with van der Waals surface area (Å²) in [5, 5.41) is 9.60. The highest BCUT2D eigenvalue weighted by molar-refractivity contribution is 8.00. The van der Waals surface area contributed by atoms with Gasteiger partial charge in [-0.1, -0.05) is 54.8 Å². The maximum Gasteiger partial charge on any atom is 0.235 e. The normalized spacial score (nSPS) is 15.8. The van der Waals surface area contributed by atoms with Crippen molar-refractivity contribution in [2.75, 3.05) is 16.8 Å². The molecule has 1 aromatic heterocycles. The molecule has 28 heavy (non-hydrogen) atoms. The van der Waals surface area contributed by atoms with Gasteiger partial charge in [-0.05, 0) is 31.2 Å². The lowest BCUT2D eigenvalue weighted by Gasteiger charge is -2.31. The van der Waals surface area contributed by atoms with Gasteiger partial charge in [-0.3, -0.25) is 9.59 Å². The zero-order chi connectivity index (χ0) is 19.8. The minimum atomic E-state index is -0.196. The zero-order valence-electron chi connectivity index (χ0n) is 16.1. The van der Waals surface area contributed by atoms with Gasteiger partial charge in [0, 0.05) is 6.07 Å². The summed E-state index contributed by atoms with van der Waals surface area (Å²) in [5.74, 6) is 1.72. The fourth-order valence-corrected chi connectivity index (χ4v) is 4.29. The quantitative estimate of drug-likeness (QED) is 0.696. The molecule has 2 amide bonds. The van der Waals surface area contributed by atoms with Gasteiger partial charge >= 0.3 is 0 Å². The Morgan fingerprint density at radius 3 is 2.54 bits per heavy atom. The van der Waals surface area contributed by atoms with E-state index in [1.807, 2.05) is 18.2 Å². The van der Waals surface area contributed by atoms with Gasteiger partial charge in [0.15, 0.2) is 5.82 Å². The van der Waals surface area contributed by atoms with Crippen LogP contribution < -0.4 is 10.6 Å². The molecule has 1 heterocycles. The van der Waals surface area contributed by atoms with Crippen molar-refractivity contribution in [1.29, 1.82) is 0 Å². The second kappa shape index (κ2) is 10.3. The number of thioether (sulfide) groups is 1. The first-order valence-corrected chi connectivity index (χ1v) is 10.9. The third-order valence-corrected chi connectivity index (χ3v) is 5.89. The molecule has 1 aromatic carbocycles. The lowest BCUT2D eigenvalue weighted by molar-refractivity contribution is -0.119. The van der Waals surface area contributed by atoms with E-state index < -0.39 is 0 Å². The standard InChI is InChI=1S/C21H27N3O3S/c1-15-12-18(24-27-15)22-19(25)13-28-14-20(26)23-21(16-8-4-2-5-9-16)17-10-6-3-7-11-17/h2,4-5,8-9,12,17,21H,3,6-7,10-11,13-14H2,1H3,(H,23,26)(H,22,24,25)/t21-/m1/s1. The van der Waals surface area contributed by atoms with Crippen LogP contribution >= 0.6 is 11.8 Å². The van der Waals surface area contributed by atoms with Gasteiger partial charge in [0.05, 0.1) is 17.5 Å². The predicted molar refractivity (Wildman–Crippen MR) is 111 cm³/mol. The second-order valence-electron chi connectivity index (χ2n) is 7.22. The Bertz CT molecular complexity index is 772. The average Bonchev–Trinajstić information content (AvgIpc) is 3.12.